The molecule has 0 aromatic heterocycles. The van der Waals surface area contributed by atoms with Crippen LogP contribution < -0.4 is 19.7 Å². The zero-order valence-electron chi connectivity index (χ0n) is 18.8. The number of nitrogens with one attached hydrogen (secondary N) is 2. The summed E-state index contributed by atoms with van der Waals surface area (Å²) < 4.78 is 15.8. The van der Waals surface area contributed by atoms with Crippen LogP contribution in [-0.4, -0.2) is 46.3 Å². The number of benzene rings is 2. The number of rotatable bonds is 7. The van der Waals surface area contributed by atoms with Crippen LogP contribution in [0.1, 0.15) is 34.7 Å². The van der Waals surface area contributed by atoms with E-state index in [0.717, 1.165) is 40.2 Å². The van der Waals surface area contributed by atoms with Crippen LogP contribution >= 0.6 is 0 Å². The summed E-state index contributed by atoms with van der Waals surface area (Å²) in [5, 5.41) is 2.99. The van der Waals surface area contributed by atoms with Crippen LogP contribution in [0.25, 0.3) is 0 Å². The van der Waals surface area contributed by atoms with Gasteiger partial charge < -0.3 is 24.4 Å². The summed E-state index contributed by atoms with van der Waals surface area (Å²) in [6.07, 6.45) is 0.963. The van der Waals surface area contributed by atoms with Gasteiger partial charge >= 0.3 is 5.97 Å². The molecule has 0 spiro atoms. The lowest BCUT2D eigenvalue weighted by Gasteiger charge is -2.34. The molecule has 0 radical (unpaired) electrons. The first-order valence-electron chi connectivity index (χ1n) is 10.4. The van der Waals surface area contributed by atoms with Gasteiger partial charge in [0.25, 0.3) is 5.91 Å². The van der Waals surface area contributed by atoms with E-state index in [4.69, 9.17) is 14.2 Å². The number of methoxy groups -OCH3 is 3. The van der Waals surface area contributed by atoms with Crippen molar-refractivity contribution in [3.63, 3.8) is 0 Å². The molecule has 0 saturated carbocycles. The first-order valence-corrected chi connectivity index (χ1v) is 10.4. The minimum Gasteiger partial charge on any atom is -0.493 e. The monoisotopic (exact) mass is 427 g/mol. The van der Waals surface area contributed by atoms with E-state index in [1.54, 1.807) is 14.2 Å². The summed E-state index contributed by atoms with van der Waals surface area (Å²) in [5.74, 6) is 0.877. The zero-order chi connectivity index (χ0) is 22.5. The quantitative estimate of drug-likeness (QED) is 0.661. The van der Waals surface area contributed by atoms with Crippen molar-refractivity contribution < 1.29 is 28.7 Å². The lowest BCUT2D eigenvalue weighted by molar-refractivity contribution is -0.925. The fourth-order valence-corrected chi connectivity index (χ4v) is 4.11. The van der Waals surface area contributed by atoms with Crippen LogP contribution in [0.2, 0.25) is 0 Å². The Morgan fingerprint density at radius 3 is 2.39 bits per heavy atom. The van der Waals surface area contributed by atoms with E-state index in [9.17, 15) is 9.59 Å². The summed E-state index contributed by atoms with van der Waals surface area (Å²) in [6.45, 7) is 5.04. The molecule has 0 fully saturated rings. The molecule has 1 heterocycles. The third kappa shape index (κ3) is 5.17. The topological polar surface area (TPSA) is 78.3 Å². The van der Waals surface area contributed by atoms with Gasteiger partial charge in [0.15, 0.2) is 18.0 Å². The fraction of sp³-hybridized carbons (Fsp3) is 0.417. The van der Waals surface area contributed by atoms with E-state index in [1.165, 1.54) is 12.7 Å². The number of ether oxygens (including phenoxy) is 3. The SMILES string of the molecule is COC(=O)C[C@@H]1c2cc(OC)c(OC)cc2CC[NH+]1CC(=O)Nc1ccc(C)c(C)c1. The van der Waals surface area contributed by atoms with Gasteiger partial charge in [0.1, 0.15) is 12.5 Å². The second-order valence-corrected chi connectivity index (χ2v) is 7.92. The molecule has 2 atom stereocenters. The molecule has 1 unspecified atom stereocenters. The average Bonchev–Trinajstić information content (AvgIpc) is 2.76. The molecule has 7 heteroatoms. The van der Waals surface area contributed by atoms with E-state index in [0.29, 0.717) is 11.5 Å². The van der Waals surface area contributed by atoms with Gasteiger partial charge in [-0.15, -0.1) is 0 Å². The van der Waals surface area contributed by atoms with Crippen LogP contribution in [0, 0.1) is 13.8 Å². The van der Waals surface area contributed by atoms with Gasteiger partial charge in [-0.05, 0) is 54.8 Å². The highest BCUT2D eigenvalue weighted by Crippen LogP contribution is 2.35. The molecule has 2 aromatic rings. The molecule has 2 aromatic carbocycles. The second kappa shape index (κ2) is 9.83. The van der Waals surface area contributed by atoms with Crippen molar-refractivity contribution in [3.05, 3.63) is 52.6 Å². The van der Waals surface area contributed by atoms with Gasteiger partial charge in [0.05, 0.1) is 27.9 Å². The van der Waals surface area contributed by atoms with Crippen LogP contribution in [0.15, 0.2) is 30.3 Å². The summed E-state index contributed by atoms with van der Waals surface area (Å²) in [4.78, 5) is 26.0. The number of esters is 1. The predicted octanol–water partition coefficient (Wildman–Crippen LogP) is 2.00. The maximum atomic E-state index is 12.8. The maximum absolute atomic E-state index is 12.8. The van der Waals surface area contributed by atoms with Gasteiger partial charge in [-0.25, -0.2) is 0 Å². The number of carbonyl (C=O) groups excluding carboxylic acids is 2. The van der Waals surface area contributed by atoms with Crippen molar-refractivity contribution in [3.8, 4) is 11.5 Å². The van der Waals surface area contributed by atoms with Gasteiger partial charge in [-0.3, -0.25) is 9.59 Å². The zero-order valence-corrected chi connectivity index (χ0v) is 18.8. The Morgan fingerprint density at radius 2 is 1.74 bits per heavy atom. The summed E-state index contributed by atoms with van der Waals surface area (Å²) in [6, 6.07) is 9.55. The summed E-state index contributed by atoms with van der Waals surface area (Å²) in [7, 11) is 4.57. The van der Waals surface area contributed by atoms with E-state index in [-0.39, 0.29) is 30.9 Å². The van der Waals surface area contributed by atoms with E-state index < -0.39 is 0 Å². The first-order chi connectivity index (χ1) is 14.9. The summed E-state index contributed by atoms with van der Waals surface area (Å²) in [5.41, 5.74) is 5.18. The normalized spacial score (nSPS) is 17.5. The number of carbonyl (C=O) groups is 2. The highest BCUT2D eigenvalue weighted by atomic mass is 16.5. The molecule has 7 nitrogen and oxygen atoms in total. The molecule has 31 heavy (non-hydrogen) atoms. The number of anilines is 1. The Balaban J connectivity index is 1.84. The minimum absolute atomic E-state index is 0.0861. The largest absolute Gasteiger partial charge is 0.493 e. The molecule has 166 valence electrons. The van der Waals surface area contributed by atoms with E-state index in [1.807, 2.05) is 44.2 Å². The fourth-order valence-electron chi connectivity index (χ4n) is 4.11. The van der Waals surface area contributed by atoms with E-state index >= 15 is 0 Å². The molecule has 1 aliphatic heterocycles. The van der Waals surface area contributed by atoms with Crippen LogP contribution in [0.3, 0.4) is 0 Å². The molecule has 3 rings (SSSR count). The molecular weight excluding hydrogens is 396 g/mol. The van der Waals surface area contributed by atoms with Crippen molar-refractivity contribution in [1.29, 1.82) is 0 Å². The molecule has 0 aliphatic carbocycles. The van der Waals surface area contributed by atoms with E-state index in [2.05, 4.69) is 5.32 Å². The maximum Gasteiger partial charge on any atom is 0.311 e. The first kappa shape index (κ1) is 22.6. The number of amides is 1. The Labute approximate surface area is 183 Å². The Morgan fingerprint density at radius 1 is 1.03 bits per heavy atom. The Kier molecular flexibility index (Phi) is 7.17. The number of fused-ring (bicyclic) bond motifs is 1. The highest BCUT2D eigenvalue weighted by molar-refractivity contribution is 5.91. The van der Waals surface area contributed by atoms with Crippen LogP contribution in [-0.2, 0) is 20.7 Å². The van der Waals surface area contributed by atoms with Crippen LogP contribution in [0.5, 0.6) is 11.5 Å². The van der Waals surface area contributed by atoms with Crippen molar-refractivity contribution in [1.82, 2.24) is 0 Å². The highest BCUT2D eigenvalue weighted by Gasteiger charge is 2.35. The van der Waals surface area contributed by atoms with Crippen molar-refractivity contribution in [2.75, 3.05) is 39.7 Å². The second-order valence-electron chi connectivity index (χ2n) is 7.92. The lowest BCUT2D eigenvalue weighted by atomic mass is 9.90. The molecule has 0 bridgehead atoms. The number of hydrogen-bond acceptors (Lipinski definition) is 5. The minimum atomic E-state index is -0.306. The Bertz CT molecular complexity index is 973. The summed E-state index contributed by atoms with van der Waals surface area (Å²) >= 11 is 0. The van der Waals surface area contributed by atoms with Crippen molar-refractivity contribution in [2.45, 2.75) is 32.7 Å². The Hall–Kier alpha value is -3.06. The van der Waals surface area contributed by atoms with Gasteiger partial charge in [0, 0.05) is 17.7 Å². The average molecular weight is 428 g/mol. The van der Waals surface area contributed by atoms with Crippen molar-refractivity contribution in [2.24, 2.45) is 0 Å². The van der Waals surface area contributed by atoms with Gasteiger partial charge in [-0.2, -0.15) is 0 Å². The van der Waals surface area contributed by atoms with Crippen molar-refractivity contribution >= 4 is 17.6 Å². The van der Waals surface area contributed by atoms with Gasteiger partial charge in [-0.1, -0.05) is 6.07 Å². The predicted molar refractivity (Wildman–Crippen MR) is 118 cm³/mol. The molecule has 0 saturated heterocycles. The smallest absolute Gasteiger partial charge is 0.311 e. The molecule has 2 N–H and O–H groups in total. The standard InChI is InChI=1S/C24H30N2O5/c1-15-6-7-18(10-16(15)2)25-23(27)14-26-9-8-17-11-21(29-3)22(30-4)12-19(17)20(26)13-24(28)31-5/h6-7,10-12,20H,8-9,13-14H2,1-5H3,(H,25,27)/p+1/t20-/m1/s1. The number of aryl methyl sites for hydroxylation is 2. The van der Waals surface area contributed by atoms with Gasteiger partial charge in [0.2, 0.25) is 0 Å². The lowest BCUT2D eigenvalue weighted by Crippen LogP contribution is -3.14. The van der Waals surface area contributed by atoms with Crippen LogP contribution in [0.4, 0.5) is 5.69 Å². The number of hydrogen-bond donors (Lipinski definition) is 2. The molecular formula is C24H31N2O5+. The third-order valence-electron chi connectivity index (χ3n) is 6.01. The molecule has 1 aliphatic rings. The number of quaternary nitrogens is 1. The molecule has 1 amide bonds. The third-order valence-corrected chi connectivity index (χ3v) is 6.01.